The summed E-state index contributed by atoms with van der Waals surface area (Å²) in [5.41, 5.74) is 3.70. The van der Waals surface area contributed by atoms with E-state index in [4.69, 9.17) is 0 Å². The molecule has 3 aromatic rings. The summed E-state index contributed by atoms with van der Waals surface area (Å²) in [7, 11) is 0. The molecule has 2 aromatic carbocycles. The van der Waals surface area contributed by atoms with Crippen molar-refractivity contribution in [1.29, 1.82) is 0 Å². The fourth-order valence-corrected chi connectivity index (χ4v) is 3.19. The van der Waals surface area contributed by atoms with Crippen molar-refractivity contribution < 1.29 is 4.79 Å². The zero-order valence-corrected chi connectivity index (χ0v) is 13.9. The van der Waals surface area contributed by atoms with Crippen LogP contribution in [0.4, 0.5) is 17.2 Å². The highest BCUT2D eigenvalue weighted by molar-refractivity contribution is 6.03. The first-order chi connectivity index (χ1) is 12.3. The van der Waals surface area contributed by atoms with Crippen LogP contribution in [0.1, 0.15) is 22.5 Å². The highest BCUT2D eigenvalue weighted by Gasteiger charge is 2.19. The lowest BCUT2D eigenvalue weighted by Gasteiger charge is -2.30. The van der Waals surface area contributed by atoms with Gasteiger partial charge in [0.25, 0.3) is 5.91 Å². The number of aromatic nitrogens is 1. The monoisotopic (exact) mass is 329 g/mol. The molecule has 124 valence electrons. The van der Waals surface area contributed by atoms with Gasteiger partial charge in [-0.25, -0.2) is 4.98 Å². The average Bonchev–Trinajstić information content (AvgIpc) is 2.68. The number of aryl methyl sites for hydroxylation is 1. The quantitative estimate of drug-likeness (QED) is 0.774. The Kier molecular flexibility index (Phi) is 4.17. The maximum atomic E-state index is 12.5. The standard InChI is InChI=1S/C21H19N3O/c25-21(22-17-10-2-1-3-11-17)18-12-6-14-20(23-18)24-15-7-9-16-8-4-5-13-19(16)24/h1-6,8,10-14H,7,9,15H2,(H,22,25). The number of amides is 1. The maximum Gasteiger partial charge on any atom is 0.274 e. The number of nitrogens with one attached hydrogen (secondary N) is 1. The summed E-state index contributed by atoms with van der Waals surface area (Å²) >= 11 is 0. The Morgan fingerprint density at radius 2 is 1.72 bits per heavy atom. The molecule has 4 rings (SSSR count). The van der Waals surface area contributed by atoms with Gasteiger partial charge in [0, 0.05) is 17.9 Å². The van der Waals surface area contributed by atoms with E-state index in [9.17, 15) is 4.79 Å². The molecule has 0 spiro atoms. The zero-order chi connectivity index (χ0) is 17.1. The summed E-state index contributed by atoms with van der Waals surface area (Å²) in [5, 5.41) is 2.89. The molecule has 4 nitrogen and oxygen atoms in total. The van der Waals surface area contributed by atoms with Crippen LogP contribution in [0, 0.1) is 0 Å². The minimum atomic E-state index is -0.196. The number of pyridine rings is 1. The first-order valence-corrected chi connectivity index (χ1v) is 8.50. The van der Waals surface area contributed by atoms with Crippen LogP contribution in [-0.4, -0.2) is 17.4 Å². The van der Waals surface area contributed by atoms with E-state index in [-0.39, 0.29) is 5.91 Å². The van der Waals surface area contributed by atoms with E-state index in [1.54, 1.807) is 6.07 Å². The lowest BCUT2D eigenvalue weighted by atomic mass is 10.0. The number of rotatable bonds is 3. The Morgan fingerprint density at radius 3 is 2.60 bits per heavy atom. The molecule has 2 heterocycles. The average molecular weight is 329 g/mol. The first kappa shape index (κ1) is 15.4. The van der Waals surface area contributed by atoms with Gasteiger partial charge in [-0.15, -0.1) is 0 Å². The van der Waals surface area contributed by atoms with Crippen LogP contribution in [0.25, 0.3) is 0 Å². The Hall–Kier alpha value is -3.14. The van der Waals surface area contributed by atoms with Crippen LogP contribution in [0.15, 0.2) is 72.8 Å². The predicted octanol–water partition coefficient (Wildman–Crippen LogP) is 4.42. The SMILES string of the molecule is O=C(Nc1ccccc1)c1cccc(N2CCCc3ccccc32)n1. The second kappa shape index (κ2) is 6.77. The van der Waals surface area contributed by atoms with E-state index in [0.717, 1.165) is 30.9 Å². The van der Waals surface area contributed by atoms with Crippen LogP contribution >= 0.6 is 0 Å². The molecule has 1 aliphatic rings. The van der Waals surface area contributed by atoms with E-state index < -0.39 is 0 Å². The normalized spacial score (nSPS) is 13.2. The number of carbonyl (C=O) groups excluding carboxylic acids is 1. The number of fused-ring (bicyclic) bond motifs is 1. The van der Waals surface area contributed by atoms with Crippen molar-refractivity contribution in [2.24, 2.45) is 0 Å². The van der Waals surface area contributed by atoms with Gasteiger partial charge >= 0.3 is 0 Å². The predicted molar refractivity (Wildman–Crippen MR) is 100 cm³/mol. The van der Waals surface area contributed by atoms with Gasteiger partial charge in [-0.1, -0.05) is 42.5 Å². The zero-order valence-electron chi connectivity index (χ0n) is 13.9. The summed E-state index contributed by atoms with van der Waals surface area (Å²) in [6, 6.07) is 23.4. The highest BCUT2D eigenvalue weighted by atomic mass is 16.1. The number of hydrogen-bond donors (Lipinski definition) is 1. The molecular weight excluding hydrogens is 310 g/mol. The van der Waals surface area contributed by atoms with Gasteiger partial charge in [0.15, 0.2) is 0 Å². The van der Waals surface area contributed by atoms with Gasteiger partial charge in [-0.2, -0.15) is 0 Å². The molecule has 0 radical (unpaired) electrons. The minimum absolute atomic E-state index is 0.196. The molecule has 1 aliphatic heterocycles. The third kappa shape index (κ3) is 3.24. The molecule has 0 aliphatic carbocycles. The second-order valence-corrected chi connectivity index (χ2v) is 6.09. The summed E-state index contributed by atoms with van der Waals surface area (Å²) in [5.74, 6) is 0.617. The number of benzene rings is 2. The summed E-state index contributed by atoms with van der Waals surface area (Å²) < 4.78 is 0. The van der Waals surface area contributed by atoms with E-state index in [0.29, 0.717) is 5.69 Å². The van der Waals surface area contributed by atoms with Gasteiger partial charge in [0.1, 0.15) is 11.5 Å². The van der Waals surface area contributed by atoms with Crippen molar-refractivity contribution in [2.75, 3.05) is 16.8 Å². The smallest absolute Gasteiger partial charge is 0.274 e. The molecule has 1 N–H and O–H groups in total. The fourth-order valence-electron chi connectivity index (χ4n) is 3.19. The fraction of sp³-hybridized carbons (Fsp3) is 0.143. The third-order valence-corrected chi connectivity index (χ3v) is 4.39. The number of para-hydroxylation sites is 2. The topological polar surface area (TPSA) is 45.2 Å². The Balaban J connectivity index is 1.61. The molecule has 0 fully saturated rings. The molecule has 0 saturated carbocycles. The van der Waals surface area contributed by atoms with E-state index in [1.165, 1.54) is 11.3 Å². The molecule has 1 aromatic heterocycles. The molecule has 0 saturated heterocycles. The van der Waals surface area contributed by atoms with Crippen LogP contribution in [0.2, 0.25) is 0 Å². The second-order valence-electron chi connectivity index (χ2n) is 6.09. The largest absolute Gasteiger partial charge is 0.326 e. The van der Waals surface area contributed by atoms with Crippen molar-refractivity contribution in [3.8, 4) is 0 Å². The third-order valence-electron chi connectivity index (χ3n) is 4.39. The van der Waals surface area contributed by atoms with E-state index >= 15 is 0 Å². The van der Waals surface area contributed by atoms with Crippen molar-refractivity contribution >= 4 is 23.1 Å². The van der Waals surface area contributed by atoms with Crippen molar-refractivity contribution in [2.45, 2.75) is 12.8 Å². The van der Waals surface area contributed by atoms with Gasteiger partial charge < -0.3 is 10.2 Å². The molecular formula is C21H19N3O. The first-order valence-electron chi connectivity index (χ1n) is 8.50. The molecule has 0 bridgehead atoms. The van der Waals surface area contributed by atoms with Crippen molar-refractivity contribution in [3.63, 3.8) is 0 Å². The van der Waals surface area contributed by atoms with E-state index in [2.05, 4.69) is 33.4 Å². The molecule has 4 heteroatoms. The van der Waals surface area contributed by atoms with Gasteiger partial charge in [0.2, 0.25) is 0 Å². The van der Waals surface area contributed by atoms with Crippen LogP contribution in [0.3, 0.4) is 0 Å². The Bertz CT molecular complexity index is 892. The van der Waals surface area contributed by atoms with Crippen molar-refractivity contribution in [1.82, 2.24) is 4.98 Å². The number of anilines is 3. The lowest BCUT2D eigenvalue weighted by Crippen LogP contribution is -2.26. The summed E-state index contributed by atoms with van der Waals surface area (Å²) in [4.78, 5) is 19.3. The molecule has 0 atom stereocenters. The van der Waals surface area contributed by atoms with Crippen LogP contribution in [-0.2, 0) is 6.42 Å². The van der Waals surface area contributed by atoms with E-state index in [1.807, 2.05) is 48.5 Å². The van der Waals surface area contributed by atoms with Gasteiger partial charge in [0.05, 0.1) is 0 Å². The van der Waals surface area contributed by atoms with Crippen LogP contribution in [0.5, 0.6) is 0 Å². The molecule has 1 amide bonds. The van der Waals surface area contributed by atoms with Gasteiger partial charge in [-0.3, -0.25) is 4.79 Å². The van der Waals surface area contributed by atoms with Crippen LogP contribution < -0.4 is 10.2 Å². The highest BCUT2D eigenvalue weighted by Crippen LogP contribution is 2.32. The molecule has 0 unspecified atom stereocenters. The minimum Gasteiger partial charge on any atom is -0.326 e. The Labute approximate surface area is 147 Å². The Morgan fingerprint density at radius 1 is 0.920 bits per heavy atom. The number of hydrogen-bond acceptors (Lipinski definition) is 3. The summed E-state index contributed by atoms with van der Waals surface area (Å²) in [6.07, 6.45) is 2.17. The summed E-state index contributed by atoms with van der Waals surface area (Å²) in [6.45, 7) is 0.910. The van der Waals surface area contributed by atoms with Crippen molar-refractivity contribution in [3.05, 3.63) is 84.1 Å². The maximum absolute atomic E-state index is 12.5. The molecule has 25 heavy (non-hydrogen) atoms. The number of nitrogens with zero attached hydrogens (tertiary/aromatic N) is 2. The van der Waals surface area contributed by atoms with Gasteiger partial charge in [-0.05, 0) is 48.7 Å². The number of carbonyl (C=O) groups is 1. The lowest BCUT2D eigenvalue weighted by molar-refractivity contribution is 0.102.